The van der Waals surface area contributed by atoms with Crippen molar-refractivity contribution in [1.82, 2.24) is 0 Å². The molecule has 1 unspecified atom stereocenters. The Balaban J connectivity index is 0.000000564. The molecule has 1 heterocycles. The fourth-order valence-electron chi connectivity index (χ4n) is 2.58. The van der Waals surface area contributed by atoms with Gasteiger partial charge in [0, 0.05) is 46.7 Å². The predicted octanol–water partition coefficient (Wildman–Crippen LogP) is 2.92. The number of isocyanates is 1. The molecule has 0 aromatic rings. The summed E-state index contributed by atoms with van der Waals surface area (Å²) in [5, 5.41) is 0. The third kappa shape index (κ3) is 14.5. The van der Waals surface area contributed by atoms with Crippen molar-refractivity contribution >= 4 is 23.4 Å². The highest BCUT2D eigenvalue weighted by atomic mass is 28.4. The first-order valence-corrected chi connectivity index (χ1v) is 15.1. The molecule has 0 aromatic carbocycles. The summed E-state index contributed by atoms with van der Waals surface area (Å²) in [7, 11) is -0.972. The smallest absolute Gasteiger partial charge is 0.398 e. The maximum absolute atomic E-state index is 9.93. The fourth-order valence-corrected chi connectivity index (χ4v) is 6.54. The summed E-state index contributed by atoms with van der Waals surface area (Å²) in [6.45, 7) is 12.4. The average molecular weight is 468 g/mol. The van der Waals surface area contributed by atoms with E-state index in [0.717, 1.165) is 38.7 Å². The molecule has 30 heavy (non-hydrogen) atoms. The molecule has 0 N–H and O–H groups in total. The van der Waals surface area contributed by atoms with Gasteiger partial charge in [0.05, 0.1) is 19.8 Å². The molecule has 1 atom stereocenters. The molecule has 178 valence electrons. The number of carbonyl (C=O) groups excluding carboxylic acids is 1. The zero-order valence-corrected chi connectivity index (χ0v) is 21.6. The van der Waals surface area contributed by atoms with Gasteiger partial charge in [-0.25, -0.2) is 9.79 Å². The topological polar surface area (TPSA) is 97.3 Å². The van der Waals surface area contributed by atoms with Crippen LogP contribution in [0.25, 0.3) is 0 Å². The first kappa shape index (κ1) is 29.5. The van der Waals surface area contributed by atoms with Gasteiger partial charge in [-0.15, -0.1) is 0 Å². The quantitative estimate of drug-likeness (QED) is 0.0998. The summed E-state index contributed by atoms with van der Waals surface area (Å²) in [5.74, 6) is 0. The second-order valence-electron chi connectivity index (χ2n) is 6.73. The van der Waals surface area contributed by atoms with Crippen LogP contribution in [0, 0.1) is 0 Å². The van der Waals surface area contributed by atoms with Crippen molar-refractivity contribution in [3.8, 4) is 0 Å². The molecular formula is C19H41NO8Si2. The molecule has 1 fully saturated rings. The standard InChI is InChI=1S/C10H21NO4Si.C9H20O4Si/c1-4-13-16(14-5-2,15-6-3)9-7-8-11-10-12;1-10-14(3,11-2)6-4-5-12-7-9-8-13-9/h4-9H2,1-3H3;9H,4-8H2,1-3H3. The first-order chi connectivity index (χ1) is 14.4. The van der Waals surface area contributed by atoms with Gasteiger partial charge in [0.25, 0.3) is 0 Å². The molecular weight excluding hydrogens is 426 g/mol. The van der Waals surface area contributed by atoms with E-state index >= 15 is 0 Å². The highest BCUT2D eigenvalue weighted by Crippen LogP contribution is 2.18. The minimum Gasteiger partial charge on any atom is -0.398 e. The Bertz CT molecular complexity index is 441. The summed E-state index contributed by atoms with van der Waals surface area (Å²) in [5.41, 5.74) is 0. The Morgan fingerprint density at radius 3 is 2.00 bits per heavy atom. The molecule has 0 aromatic heterocycles. The van der Waals surface area contributed by atoms with Crippen molar-refractivity contribution in [2.45, 2.75) is 58.4 Å². The van der Waals surface area contributed by atoms with Crippen molar-refractivity contribution < 1.29 is 36.4 Å². The molecule has 0 bridgehead atoms. The Kier molecular flexibility index (Phi) is 17.9. The number of aliphatic imine (C=N–C) groups is 1. The van der Waals surface area contributed by atoms with Crippen LogP contribution in [-0.2, 0) is 36.4 Å². The molecule has 1 rings (SSSR count). The number of rotatable bonds is 18. The van der Waals surface area contributed by atoms with Crippen LogP contribution in [-0.4, -0.2) is 90.0 Å². The SMILES string of the molecule is CCO[Si](CCCN=C=O)(OCC)OCC.CO[Si](C)(CCCOCC1CO1)OC. The number of nitrogens with zero attached hydrogens (tertiary/aromatic N) is 1. The number of epoxide rings is 1. The van der Waals surface area contributed by atoms with E-state index in [1.165, 1.54) is 6.08 Å². The lowest BCUT2D eigenvalue weighted by atomic mass is 10.5. The molecule has 1 aliphatic heterocycles. The molecule has 1 saturated heterocycles. The van der Waals surface area contributed by atoms with Gasteiger partial charge in [0.15, 0.2) is 0 Å². The summed E-state index contributed by atoms with van der Waals surface area (Å²) >= 11 is 0. The van der Waals surface area contributed by atoms with Crippen LogP contribution in [0.1, 0.15) is 33.6 Å². The normalized spacial score (nSPS) is 15.9. The van der Waals surface area contributed by atoms with Crippen molar-refractivity contribution in [2.75, 3.05) is 60.4 Å². The third-order valence-corrected chi connectivity index (χ3v) is 10.5. The van der Waals surface area contributed by atoms with Gasteiger partial charge in [-0.3, -0.25) is 0 Å². The van der Waals surface area contributed by atoms with Gasteiger partial charge < -0.3 is 31.6 Å². The van der Waals surface area contributed by atoms with Crippen molar-refractivity contribution in [3.63, 3.8) is 0 Å². The summed E-state index contributed by atoms with van der Waals surface area (Å²) in [4.78, 5) is 13.4. The van der Waals surface area contributed by atoms with E-state index in [4.69, 9.17) is 31.6 Å². The van der Waals surface area contributed by atoms with E-state index in [-0.39, 0.29) is 0 Å². The van der Waals surface area contributed by atoms with Crippen LogP contribution in [0.15, 0.2) is 4.99 Å². The number of hydrogen-bond donors (Lipinski definition) is 0. The lowest BCUT2D eigenvalue weighted by Gasteiger charge is -2.28. The van der Waals surface area contributed by atoms with Crippen molar-refractivity contribution in [2.24, 2.45) is 4.99 Å². The largest absolute Gasteiger partial charge is 0.500 e. The van der Waals surface area contributed by atoms with Gasteiger partial charge in [0.2, 0.25) is 6.08 Å². The second kappa shape index (κ2) is 18.1. The van der Waals surface area contributed by atoms with Gasteiger partial charge in [-0.2, -0.15) is 0 Å². The molecule has 0 amide bonds. The minimum absolute atomic E-state index is 0.364. The zero-order valence-electron chi connectivity index (χ0n) is 19.6. The number of hydrogen-bond acceptors (Lipinski definition) is 9. The van der Waals surface area contributed by atoms with Gasteiger partial charge in [0.1, 0.15) is 6.10 Å². The molecule has 0 aliphatic carbocycles. The summed E-state index contributed by atoms with van der Waals surface area (Å²) < 4.78 is 38.1. The van der Waals surface area contributed by atoms with E-state index in [0.29, 0.717) is 38.5 Å². The summed E-state index contributed by atoms with van der Waals surface area (Å²) in [6.07, 6.45) is 3.60. The van der Waals surface area contributed by atoms with Crippen LogP contribution in [0.2, 0.25) is 18.6 Å². The van der Waals surface area contributed by atoms with Crippen LogP contribution in [0.3, 0.4) is 0 Å². The van der Waals surface area contributed by atoms with Crippen molar-refractivity contribution in [3.05, 3.63) is 0 Å². The van der Waals surface area contributed by atoms with E-state index < -0.39 is 17.4 Å². The molecule has 0 radical (unpaired) electrons. The zero-order chi connectivity index (χ0) is 22.7. The lowest BCUT2D eigenvalue weighted by molar-refractivity contribution is 0.0710. The molecule has 11 heteroatoms. The number of ether oxygens (including phenoxy) is 2. The monoisotopic (exact) mass is 467 g/mol. The van der Waals surface area contributed by atoms with Crippen molar-refractivity contribution in [1.29, 1.82) is 0 Å². The van der Waals surface area contributed by atoms with Crippen LogP contribution >= 0.6 is 0 Å². The Labute approximate surface area is 184 Å². The van der Waals surface area contributed by atoms with Crippen LogP contribution in [0.4, 0.5) is 0 Å². The second-order valence-corrected chi connectivity index (χ2v) is 13.1. The molecule has 0 saturated carbocycles. The highest BCUT2D eigenvalue weighted by molar-refractivity contribution is 6.65. The molecule has 1 aliphatic rings. The van der Waals surface area contributed by atoms with Gasteiger partial charge >= 0.3 is 17.4 Å². The van der Waals surface area contributed by atoms with E-state index in [2.05, 4.69) is 11.5 Å². The maximum atomic E-state index is 9.93. The van der Waals surface area contributed by atoms with E-state index in [1.807, 2.05) is 20.8 Å². The molecule has 0 spiro atoms. The van der Waals surface area contributed by atoms with E-state index in [9.17, 15) is 4.79 Å². The van der Waals surface area contributed by atoms with Gasteiger partial charge in [-0.05, 0) is 46.2 Å². The Morgan fingerprint density at radius 2 is 1.57 bits per heavy atom. The fraction of sp³-hybridized carbons (Fsp3) is 0.947. The summed E-state index contributed by atoms with van der Waals surface area (Å²) in [6, 6.07) is 1.67. The average Bonchev–Trinajstić information content (AvgIpc) is 3.56. The lowest BCUT2D eigenvalue weighted by Crippen LogP contribution is -2.46. The van der Waals surface area contributed by atoms with Crippen LogP contribution < -0.4 is 0 Å². The van der Waals surface area contributed by atoms with E-state index in [1.54, 1.807) is 14.2 Å². The molecule has 9 nitrogen and oxygen atoms in total. The maximum Gasteiger partial charge on any atom is 0.500 e. The van der Waals surface area contributed by atoms with Gasteiger partial charge in [-0.1, -0.05) is 0 Å². The first-order valence-electron chi connectivity index (χ1n) is 10.7. The Hall–Kier alpha value is -0.466. The Morgan fingerprint density at radius 1 is 1.00 bits per heavy atom. The highest BCUT2D eigenvalue weighted by Gasteiger charge is 2.39. The van der Waals surface area contributed by atoms with Crippen LogP contribution in [0.5, 0.6) is 0 Å². The predicted molar refractivity (Wildman–Crippen MR) is 119 cm³/mol. The minimum atomic E-state index is -2.54. The third-order valence-electron chi connectivity index (χ3n) is 4.40.